The third kappa shape index (κ3) is 5.99. The minimum absolute atomic E-state index is 0.834. The molecule has 1 aromatic carbocycles. The molecule has 0 aliphatic carbocycles. The van der Waals surface area contributed by atoms with E-state index in [-0.39, 0.29) is 0 Å². The second-order valence-electron chi connectivity index (χ2n) is 2.35. The summed E-state index contributed by atoms with van der Waals surface area (Å²) in [5, 5.41) is 0. The van der Waals surface area contributed by atoms with Crippen molar-refractivity contribution in [2.24, 2.45) is 0 Å². The van der Waals surface area contributed by atoms with Crippen molar-refractivity contribution >= 4 is 12.6 Å². The van der Waals surface area contributed by atoms with Gasteiger partial charge in [0.15, 0.2) is 0 Å². The van der Waals surface area contributed by atoms with Crippen LogP contribution in [0.15, 0.2) is 30.3 Å². The maximum atomic E-state index is 4.11. The predicted octanol–water partition coefficient (Wildman–Crippen LogP) is 3.53. The van der Waals surface area contributed by atoms with E-state index in [0.29, 0.717) is 0 Å². The van der Waals surface area contributed by atoms with Crippen molar-refractivity contribution in [1.82, 2.24) is 0 Å². The van der Waals surface area contributed by atoms with Gasteiger partial charge in [-0.1, -0.05) is 50.6 Å². The van der Waals surface area contributed by atoms with Gasteiger partial charge >= 0.3 is 0 Å². The minimum Gasteiger partial charge on any atom is -0.175 e. The Hall–Kier alpha value is -0.430. The van der Waals surface area contributed by atoms with E-state index in [2.05, 4.69) is 38.6 Å². The van der Waals surface area contributed by atoms with Gasteiger partial charge in [-0.05, 0) is 5.56 Å². The van der Waals surface area contributed by atoms with Crippen LogP contribution in [-0.4, -0.2) is 0 Å². The molecule has 0 bridgehead atoms. The van der Waals surface area contributed by atoms with Gasteiger partial charge in [0.1, 0.15) is 0 Å². The van der Waals surface area contributed by atoms with E-state index in [1.165, 1.54) is 12.0 Å². The monoisotopic (exact) mass is 168 g/mol. The molecule has 11 heavy (non-hydrogen) atoms. The van der Waals surface area contributed by atoms with Crippen LogP contribution in [0.1, 0.15) is 25.8 Å². The summed E-state index contributed by atoms with van der Waals surface area (Å²) in [6, 6.07) is 10.2. The molecule has 62 valence electrons. The Morgan fingerprint density at radius 1 is 1.09 bits per heavy atom. The first kappa shape index (κ1) is 10.6. The number of hydrogen-bond donors (Lipinski definition) is 1. The molecule has 0 aliphatic rings. The molecule has 0 N–H and O–H groups in total. The molecule has 0 spiro atoms. The SMILES string of the molecule is CCC.SCc1ccccc1. The van der Waals surface area contributed by atoms with E-state index in [0.717, 1.165) is 5.75 Å². The van der Waals surface area contributed by atoms with Gasteiger partial charge in [0.2, 0.25) is 0 Å². The highest BCUT2D eigenvalue weighted by atomic mass is 32.1. The maximum Gasteiger partial charge on any atom is 0.0154 e. The third-order valence-electron chi connectivity index (χ3n) is 1.03. The molecule has 0 atom stereocenters. The van der Waals surface area contributed by atoms with Gasteiger partial charge in [0, 0.05) is 5.75 Å². The summed E-state index contributed by atoms with van der Waals surface area (Å²) in [6.45, 7) is 4.25. The normalized spacial score (nSPS) is 8.27. The van der Waals surface area contributed by atoms with Gasteiger partial charge in [0.05, 0.1) is 0 Å². The number of thiol groups is 1. The molecule has 0 nitrogen and oxygen atoms in total. The fourth-order valence-corrected chi connectivity index (χ4v) is 0.794. The van der Waals surface area contributed by atoms with Crippen LogP contribution < -0.4 is 0 Å². The average Bonchev–Trinajstić information content (AvgIpc) is 2.08. The number of benzene rings is 1. The molecular weight excluding hydrogens is 152 g/mol. The van der Waals surface area contributed by atoms with Gasteiger partial charge < -0.3 is 0 Å². The van der Waals surface area contributed by atoms with Crippen molar-refractivity contribution < 1.29 is 0 Å². The largest absolute Gasteiger partial charge is 0.175 e. The van der Waals surface area contributed by atoms with Crippen molar-refractivity contribution in [3.8, 4) is 0 Å². The number of hydrogen-bond acceptors (Lipinski definition) is 1. The molecule has 0 unspecified atom stereocenters. The Kier molecular flexibility index (Phi) is 7.37. The molecule has 0 saturated carbocycles. The van der Waals surface area contributed by atoms with Crippen LogP contribution in [0.25, 0.3) is 0 Å². The van der Waals surface area contributed by atoms with Crippen molar-refractivity contribution in [2.75, 3.05) is 0 Å². The Balaban J connectivity index is 0.000000292. The fraction of sp³-hybridized carbons (Fsp3) is 0.400. The van der Waals surface area contributed by atoms with Gasteiger partial charge in [-0.15, -0.1) is 0 Å². The van der Waals surface area contributed by atoms with Gasteiger partial charge in [0.25, 0.3) is 0 Å². The topological polar surface area (TPSA) is 0 Å². The van der Waals surface area contributed by atoms with E-state index in [1.807, 2.05) is 18.2 Å². The summed E-state index contributed by atoms with van der Waals surface area (Å²) in [7, 11) is 0. The van der Waals surface area contributed by atoms with E-state index >= 15 is 0 Å². The molecule has 0 amide bonds. The number of rotatable bonds is 1. The maximum absolute atomic E-state index is 4.11. The van der Waals surface area contributed by atoms with Crippen LogP contribution in [0.3, 0.4) is 0 Å². The van der Waals surface area contributed by atoms with Crippen LogP contribution in [0.4, 0.5) is 0 Å². The highest BCUT2D eigenvalue weighted by Gasteiger charge is 1.80. The lowest BCUT2D eigenvalue weighted by Crippen LogP contribution is -1.71. The van der Waals surface area contributed by atoms with E-state index in [9.17, 15) is 0 Å². The zero-order valence-corrected chi connectivity index (χ0v) is 8.14. The predicted molar refractivity (Wildman–Crippen MR) is 55.1 cm³/mol. The van der Waals surface area contributed by atoms with Crippen LogP contribution in [-0.2, 0) is 5.75 Å². The molecule has 1 aromatic rings. The Morgan fingerprint density at radius 2 is 1.55 bits per heavy atom. The van der Waals surface area contributed by atoms with Gasteiger partial charge in [-0.3, -0.25) is 0 Å². The quantitative estimate of drug-likeness (QED) is 0.609. The average molecular weight is 168 g/mol. The summed E-state index contributed by atoms with van der Waals surface area (Å²) < 4.78 is 0. The van der Waals surface area contributed by atoms with Gasteiger partial charge in [-0.2, -0.15) is 12.6 Å². The zero-order chi connectivity index (χ0) is 8.53. The zero-order valence-electron chi connectivity index (χ0n) is 7.25. The van der Waals surface area contributed by atoms with Crippen LogP contribution >= 0.6 is 12.6 Å². The molecular formula is C10H16S. The lowest BCUT2D eigenvalue weighted by Gasteiger charge is -1.89. The summed E-state index contributed by atoms with van der Waals surface area (Å²) in [6.07, 6.45) is 1.25. The molecule has 0 fully saturated rings. The first-order chi connectivity index (χ1) is 5.35. The molecule has 0 aliphatic heterocycles. The molecule has 0 heterocycles. The van der Waals surface area contributed by atoms with E-state index in [1.54, 1.807) is 0 Å². The Morgan fingerprint density at radius 3 is 1.82 bits per heavy atom. The molecule has 0 radical (unpaired) electrons. The molecule has 1 heteroatoms. The summed E-state index contributed by atoms with van der Waals surface area (Å²) in [5.41, 5.74) is 1.27. The van der Waals surface area contributed by atoms with Crippen LogP contribution in [0.5, 0.6) is 0 Å². The summed E-state index contributed by atoms with van der Waals surface area (Å²) in [5.74, 6) is 0.834. The lowest BCUT2D eigenvalue weighted by molar-refractivity contribution is 1.09. The van der Waals surface area contributed by atoms with E-state index < -0.39 is 0 Å². The second kappa shape index (κ2) is 7.67. The molecule has 0 saturated heterocycles. The first-order valence-corrected chi connectivity index (χ1v) is 4.63. The summed E-state index contributed by atoms with van der Waals surface area (Å²) in [4.78, 5) is 0. The Labute approximate surface area is 75.1 Å². The highest BCUT2D eigenvalue weighted by Crippen LogP contribution is 2.00. The summed E-state index contributed by atoms with van der Waals surface area (Å²) >= 11 is 4.11. The third-order valence-corrected chi connectivity index (χ3v) is 1.39. The van der Waals surface area contributed by atoms with Crippen molar-refractivity contribution in [2.45, 2.75) is 26.0 Å². The minimum atomic E-state index is 0.834. The van der Waals surface area contributed by atoms with Crippen molar-refractivity contribution in [3.63, 3.8) is 0 Å². The van der Waals surface area contributed by atoms with Gasteiger partial charge in [-0.25, -0.2) is 0 Å². The standard InChI is InChI=1S/C7H8S.C3H8/c8-6-7-4-2-1-3-5-7;1-3-2/h1-5,8H,6H2;3H2,1-2H3. The van der Waals surface area contributed by atoms with Crippen molar-refractivity contribution in [1.29, 1.82) is 0 Å². The van der Waals surface area contributed by atoms with E-state index in [4.69, 9.17) is 0 Å². The second-order valence-corrected chi connectivity index (χ2v) is 2.67. The van der Waals surface area contributed by atoms with Crippen LogP contribution in [0, 0.1) is 0 Å². The van der Waals surface area contributed by atoms with Crippen LogP contribution in [0.2, 0.25) is 0 Å². The first-order valence-electron chi connectivity index (χ1n) is 3.99. The lowest BCUT2D eigenvalue weighted by atomic mass is 10.2. The Bertz CT molecular complexity index is 158. The fourth-order valence-electron chi connectivity index (χ4n) is 0.583. The smallest absolute Gasteiger partial charge is 0.0154 e. The highest BCUT2D eigenvalue weighted by molar-refractivity contribution is 7.79. The molecule has 0 aromatic heterocycles. The van der Waals surface area contributed by atoms with Crippen molar-refractivity contribution in [3.05, 3.63) is 35.9 Å². The molecule has 1 rings (SSSR count).